The fraction of sp³-hybridized carbons (Fsp3) is 0.938. The number of ketones is 1. The summed E-state index contributed by atoms with van der Waals surface area (Å²) in [5.74, 6) is -0.969. The number of carbonyl (C=O) groups is 2. The molecule has 0 bridgehead atoms. The number of likely N-dealkylation sites (N-methyl/N-ethyl adjacent to an activating group) is 2. The molecule has 3 aliphatic rings. The van der Waals surface area contributed by atoms with Crippen molar-refractivity contribution < 1.29 is 33.6 Å². The first-order valence-electron chi connectivity index (χ1n) is 15.9. The second kappa shape index (κ2) is 14.3. The van der Waals surface area contributed by atoms with Crippen LogP contribution in [0, 0.1) is 23.2 Å². The molecule has 0 aromatic rings. The van der Waals surface area contributed by atoms with Gasteiger partial charge in [0.1, 0.15) is 18.1 Å². The smallest absolute Gasteiger partial charge is 0.319 e. The number of cyclic esters (lactones) is 1. The second-order valence-corrected chi connectivity index (χ2v) is 14.4. The molecule has 0 saturated carbocycles. The third-order valence-corrected chi connectivity index (χ3v) is 9.99. The molecule has 0 radical (unpaired) electrons. The van der Waals surface area contributed by atoms with Crippen LogP contribution in [-0.2, 0) is 28.5 Å². The van der Waals surface area contributed by atoms with E-state index in [0.717, 1.165) is 32.6 Å². The number of nitrogens with zero attached hydrogens (tertiary/aromatic N) is 3. The number of rotatable bonds is 7. The monoisotopic (exact) mass is 597 g/mol. The minimum atomic E-state index is -1.39. The van der Waals surface area contributed by atoms with Crippen LogP contribution in [0.25, 0.3) is 0 Å². The lowest BCUT2D eigenvalue weighted by atomic mass is 9.74. The average molecular weight is 598 g/mol. The maximum atomic E-state index is 14.1. The number of hydrogen-bond donors (Lipinski definition) is 1. The minimum Gasteiger partial charge on any atom is -0.463 e. The molecule has 1 N–H and O–H groups in total. The molecule has 10 heteroatoms. The number of ether oxygens (including phenoxy) is 4. The molecular weight excluding hydrogens is 538 g/mol. The van der Waals surface area contributed by atoms with Crippen LogP contribution in [0.5, 0.6) is 0 Å². The van der Waals surface area contributed by atoms with Crippen LogP contribution in [0.1, 0.15) is 67.7 Å². The van der Waals surface area contributed by atoms with Crippen molar-refractivity contribution in [1.29, 1.82) is 0 Å². The van der Waals surface area contributed by atoms with E-state index < -0.39 is 41.4 Å². The molecule has 3 heterocycles. The fourth-order valence-corrected chi connectivity index (χ4v) is 7.41. The summed E-state index contributed by atoms with van der Waals surface area (Å²) in [7, 11) is 7.60. The standard InChI is InChI=1S/C32H59N3O7/c1-12-13-35-17-23(18-35)25-19-40-30(38)31(5,6)27(37)22(4)28(32(7,39-11)15-20(2)16-34(25)10)42-29-26(36)24(33(8)9)14-21(3)41-29/h20-26,28-29,36H,12-19H2,1-11H3/t20-,21-,22+,24+,25?,26-,28-,29+,32-/m1/s1. The van der Waals surface area contributed by atoms with Gasteiger partial charge in [0, 0.05) is 50.7 Å². The Morgan fingerprint density at radius 2 is 1.74 bits per heavy atom. The molecule has 3 fully saturated rings. The summed E-state index contributed by atoms with van der Waals surface area (Å²) in [6.45, 7) is 17.4. The third kappa shape index (κ3) is 7.73. The molecule has 0 spiro atoms. The number of hydrogen-bond acceptors (Lipinski definition) is 10. The van der Waals surface area contributed by atoms with E-state index in [2.05, 4.69) is 30.7 Å². The van der Waals surface area contributed by atoms with E-state index in [1.165, 1.54) is 0 Å². The van der Waals surface area contributed by atoms with Gasteiger partial charge in [-0.15, -0.1) is 0 Å². The number of aliphatic hydroxyl groups excluding tert-OH is 1. The van der Waals surface area contributed by atoms with Crippen LogP contribution in [0.15, 0.2) is 0 Å². The van der Waals surface area contributed by atoms with Gasteiger partial charge in [0.05, 0.1) is 17.8 Å². The molecule has 0 amide bonds. The summed E-state index contributed by atoms with van der Waals surface area (Å²) >= 11 is 0. The summed E-state index contributed by atoms with van der Waals surface area (Å²) in [5.41, 5.74) is -2.29. The maximum Gasteiger partial charge on any atom is 0.319 e. The molecule has 3 rings (SSSR count). The van der Waals surface area contributed by atoms with Gasteiger partial charge in [-0.05, 0) is 80.6 Å². The highest BCUT2D eigenvalue weighted by molar-refractivity contribution is 6.04. The maximum absolute atomic E-state index is 14.1. The zero-order chi connectivity index (χ0) is 31.6. The summed E-state index contributed by atoms with van der Waals surface area (Å²) in [6, 6.07) is -0.103. The van der Waals surface area contributed by atoms with Crippen LogP contribution in [0.4, 0.5) is 0 Å². The number of Topliss-reactive ketones (excluding diaryl/α,β-unsaturated/α-hetero) is 1. The van der Waals surface area contributed by atoms with Gasteiger partial charge in [-0.2, -0.15) is 0 Å². The average Bonchev–Trinajstić information content (AvgIpc) is 2.89. The Morgan fingerprint density at radius 1 is 1.10 bits per heavy atom. The van der Waals surface area contributed by atoms with E-state index in [9.17, 15) is 14.7 Å². The first kappa shape index (κ1) is 35.3. The predicted molar refractivity (Wildman–Crippen MR) is 162 cm³/mol. The third-order valence-electron chi connectivity index (χ3n) is 9.99. The normalized spacial score (nSPS) is 40.1. The van der Waals surface area contributed by atoms with Crippen LogP contribution in [-0.4, -0.2) is 135 Å². The van der Waals surface area contributed by atoms with Gasteiger partial charge in [-0.3, -0.25) is 14.5 Å². The topological polar surface area (TPSA) is 101 Å². The Kier molecular flexibility index (Phi) is 12.0. The molecule has 0 aromatic heterocycles. The van der Waals surface area contributed by atoms with Crippen LogP contribution < -0.4 is 0 Å². The largest absolute Gasteiger partial charge is 0.463 e. The lowest BCUT2D eigenvalue weighted by molar-refractivity contribution is -0.295. The molecule has 0 aromatic carbocycles. The van der Waals surface area contributed by atoms with Gasteiger partial charge in [0.25, 0.3) is 0 Å². The number of esters is 1. The van der Waals surface area contributed by atoms with E-state index in [1.807, 2.05) is 32.8 Å². The Labute approximate surface area is 254 Å². The van der Waals surface area contributed by atoms with Crippen molar-refractivity contribution in [3.05, 3.63) is 0 Å². The molecule has 0 aliphatic carbocycles. The zero-order valence-electron chi connectivity index (χ0n) is 28.1. The Morgan fingerprint density at radius 3 is 2.31 bits per heavy atom. The van der Waals surface area contributed by atoms with Crippen molar-refractivity contribution in [3.63, 3.8) is 0 Å². The van der Waals surface area contributed by atoms with E-state index in [-0.39, 0.29) is 36.5 Å². The Hall–Kier alpha value is -1.14. The van der Waals surface area contributed by atoms with Crippen molar-refractivity contribution in [2.45, 2.75) is 110 Å². The van der Waals surface area contributed by atoms with E-state index in [1.54, 1.807) is 27.9 Å². The highest BCUT2D eigenvalue weighted by Gasteiger charge is 2.51. The van der Waals surface area contributed by atoms with Crippen LogP contribution in [0.3, 0.4) is 0 Å². The SMILES string of the molecule is CCCN1CC(C2COC(=O)C(C)(C)C(=O)[C@H](C)[C@@H](O[C@@H]3O[C@H](C)C[C@H](N(C)C)[C@H]3O)[C@](C)(OC)C[C@@H](C)CN2C)C1. The summed E-state index contributed by atoms with van der Waals surface area (Å²) in [5, 5.41) is 11.3. The number of likely N-dealkylation sites (tertiary alicyclic amines) is 1. The molecule has 10 nitrogen and oxygen atoms in total. The van der Waals surface area contributed by atoms with Crippen LogP contribution >= 0.6 is 0 Å². The Bertz CT molecular complexity index is 911. The van der Waals surface area contributed by atoms with Gasteiger partial charge >= 0.3 is 5.97 Å². The molecule has 3 aliphatic heterocycles. The second-order valence-electron chi connectivity index (χ2n) is 14.4. The molecule has 42 heavy (non-hydrogen) atoms. The molecule has 1 unspecified atom stereocenters. The fourth-order valence-electron chi connectivity index (χ4n) is 7.41. The lowest BCUT2D eigenvalue weighted by Gasteiger charge is -2.47. The summed E-state index contributed by atoms with van der Waals surface area (Å²) in [4.78, 5) is 34.4. The van der Waals surface area contributed by atoms with E-state index in [4.69, 9.17) is 18.9 Å². The first-order valence-corrected chi connectivity index (χ1v) is 15.9. The molecule has 244 valence electrons. The first-order chi connectivity index (χ1) is 19.5. The van der Waals surface area contributed by atoms with Crippen molar-refractivity contribution >= 4 is 11.8 Å². The van der Waals surface area contributed by atoms with Crippen molar-refractivity contribution in [1.82, 2.24) is 14.7 Å². The number of methoxy groups -OCH3 is 1. The van der Waals surface area contributed by atoms with Gasteiger partial charge in [-0.25, -0.2) is 0 Å². The van der Waals surface area contributed by atoms with Gasteiger partial charge in [0.15, 0.2) is 12.1 Å². The van der Waals surface area contributed by atoms with Crippen molar-refractivity contribution in [2.75, 3.05) is 61.0 Å². The van der Waals surface area contributed by atoms with Crippen molar-refractivity contribution in [3.8, 4) is 0 Å². The minimum absolute atomic E-state index is 0.0599. The number of carbonyl (C=O) groups excluding carboxylic acids is 2. The highest BCUT2D eigenvalue weighted by atomic mass is 16.7. The lowest BCUT2D eigenvalue weighted by Crippen LogP contribution is -2.59. The molecular formula is C32H59N3O7. The van der Waals surface area contributed by atoms with Gasteiger partial charge in [-0.1, -0.05) is 20.8 Å². The molecule has 9 atom stereocenters. The van der Waals surface area contributed by atoms with Gasteiger partial charge in [0.2, 0.25) is 0 Å². The quantitative estimate of drug-likeness (QED) is 0.348. The van der Waals surface area contributed by atoms with E-state index in [0.29, 0.717) is 18.8 Å². The molecule has 3 saturated heterocycles. The predicted octanol–water partition coefficient (Wildman–Crippen LogP) is 2.66. The van der Waals surface area contributed by atoms with Crippen LogP contribution in [0.2, 0.25) is 0 Å². The summed E-state index contributed by atoms with van der Waals surface area (Å²) < 4.78 is 24.9. The Balaban J connectivity index is 1.95. The summed E-state index contributed by atoms with van der Waals surface area (Å²) in [6.07, 6.45) is -0.404. The highest BCUT2D eigenvalue weighted by Crippen LogP contribution is 2.38. The zero-order valence-corrected chi connectivity index (χ0v) is 28.1. The number of aliphatic hydroxyl groups is 1. The van der Waals surface area contributed by atoms with E-state index >= 15 is 0 Å². The van der Waals surface area contributed by atoms with Gasteiger partial charge < -0.3 is 33.9 Å². The van der Waals surface area contributed by atoms with Crippen molar-refractivity contribution in [2.24, 2.45) is 23.2 Å².